The third-order valence-electron chi connectivity index (χ3n) is 3.88. The summed E-state index contributed by atoms with van der Waals surface area (Å²) < 4.78 is 10.1. The molecule has 1 fully saturated rings. The standard InChI is InChI=1S/C18H17ClN2O5S/c1-2-25-18(24)14-12(10-5-6-10)9-27-16(14)21-13(22)8-26-17(23)11-4-3-7-20-15(11)19/h3-4,7,9-10H,2,5-6,8H2,1H3,(H,21,22). The first-order chi connectivity index (χ1) is 13.0. The van der Waals surface area contributed by atoms with E-state index in [-0.39, 0.29) is 17.3 Å². The Balaban J connectivity index is 1.65. The van der Waals surface area contributed by atoms with Gasteiger partial charge in [0.25, 0.3) is 5.91 Å². The van der Waals surface area contributed by atoms with Crippen molar-refractivity contribution in [2.24, 2.45) is 0 Å². The summed E-state index contributed by atoms with van der Waals surface area (Å²) >= 11 is 7.08. The molecule has 2 aromatic heterocycles. The lowest BCUT2D eigenvalue weighted by molar-refractivity contribution is -0.119. The zero-order chi connectivity index (χ0) is 19.4. The molecule has 2 heterocycles. The van der Waals surface area contributed by atoms with Crippen LogP contribution in [-0.4, -0.2) is 36.0 Å². The number of hydrogen-bond acceptors (Lipinski definition) is 7. The fraction of sp³-hybridized carbons (Fsp3) is 0.333. The Morgan fingerprint density at radius 2 is 2.07 bits per heavy atom. The fourth-order valence-electron chi connectivity index (χ4n) is 2.48. The van der Waals surface area contributed by atoms with Gasteiger partial charge in [0.2, 0.25) is 0 Å². The maximum absolute atomic E-state index is 12.3. The number of thiophene rings is 1. The van der Waals surface area contributed by atoms with Gasteiger partial charge in [-0.3, -0.25) is 4.79 Å². The van der Waals surface area contributed by atoms with E-state index in [4.69, 9.17) is 21.1 Å². The molecule has 1 aliphatic rings. The summed E-state index contributed by atoms with van der Waals surface area (Å²) in [5.74, 6) is -1.44. The number of rotatable bonds is 7. The van der Waals surface area contributed by atoms with Crippen molar-refractivity contribution in [1.82, 2.24) is 4.98 Å². The number of aromatic nitrogens is 1. The van der Waals surface area contributed by atoms with E-state index in [0.29, 0.717) is 16.5 Å². The average molecular weight is 409 g/mol. The summed E-state index contributed by atoms with van der Waals surface area (Å²) in [6.07, 6.45) is 3.47. The van der Waals surface area contributed by atoms with E-state index >= 15 is 0 Å². The van der Waals surface area contributed by atoms with Crippen molar-refractivity contribution in [1.29, 1.82) is 0 Å². The highest BCUT2D eigenvalue weighted by Gasteiger charge is 2.32. The summed E-state index contributed by atoms with van der Waals surface area (Å²) in [6.45, 7) is 1.46. The zero-order valence-electron chi connectivity index (χ0n) is 14.5. The van der Waals surface area contributed by atoms with E-state index in [9.17, 15) is 14.4 Å². The molecule has 0 bridgehead atoms. The molecule has 1 saturated carbocycles. The number of amides is 1. The summed E-state index contributed by atoms with van der Waals surface area (Å²) in [4.78, 5) is 40.2. The van der Waals surface area contributed by atoms with Gasteiger partial charge in [-0.05, 0) is 48.8 Å². The van der Waals surface area contributed by atoms with Crippen LogP contribution in [0.25, 0.3) is 0 Å². The van der Waals surface area contributed by atoms with Gasteiger partial charge in [0.1, 0.15) is 10.2 Å². The van der Waals surface area contributed by atoms with E-state index in [1.807, 2.05) is 5.38 Å². The summed E-state index contributed by atoms with van der Waals surface area (Å²) in [7, 11) is 0. The van der Waals surface area contributed by atoms with Gasteiger partial charge in [-0.15, -0.1) is 11.3 Å². The van der Waals surface area contributed by atoms with Crippen molar-refractivity contribution >= 4 is 45.8 Å². The van der Waals surface area contributed by atoms with Crippen LogP contribution >= 0.6 is 22.9 Å². The number of nitrogens with one attached hydrogen (secondary N) is 1. The van der Waals surface area contributed by atoms with Crippen molar-refractivity contribution in [2.45, 2.75) is 25.7 Å². The van der Waals surface area contributed by atoms with Crippen molar-refractivity contribution in [3.63, 3.8) is 0 Å². The van der Waals surface area contributed by atoms with Gasteiger partial charge < -0.3 is 14.8 Å². The summed E-state index contributed by atoms with van der Waals surface area (Å²) in [5, 5.41) is 4.89. The predicted molar refractivity (Wildman–Crippen MR) is 100 cm³/mol. The van der Waals surface area contributed by atoms with E-state index < -0.39 is 24.5 Å². The fourth-order valence-corrected chi connectivity index (χ4v) is 3.73. The lowest BCUT2D eigenvalue weighted by atomic mass is 10.1. The van der Waals surface area contributed by atoms with Gasteiger partial charge in [0.15, 0.2) is 6.61 Å². The van der Waals surface area contributed by atoms with Gasteiger partial charge in [-0.25, -0.2) is 14.6 Å². The Bertz CT molecular complexity index is 878. The van der Waals surface area contributed by atoms with E-state index in [2.05, 4.69) is 10.3 Å². The first kappa shape index (κ1) is 19.3. The van der Waals surface area contributed by atoms with Gasteiger partial charge in [-0.1, -0.05) is 11.6 Å². The number of hydrogen-bond donors (Lipinski definition) is 1. The number of ether oxygens (including phenoxy) is 2. The molecule has 7 nitrogen and oxygen atoms in total. The van der Waals surface area contributed by atoms with Crippen LogP contribution in [0.15, 0.2) is 23.7 Å². The normalized spacial score (nSPS) is 13.1. The molecule has 0 spiro atoms. The second-order valence-corrected chi connectivity index (χ2v) is 7.09. The minimum absolute atomic E-state index is 0.000150. The van der Waals surface area contributed by atoms with Crippen molar-refractivity contribution in [2.75, 3.05) is 18.5 Å². The highest BCUT2D eigenvalue weighted by Crippen LogP contribution is 2.46. The molecule has 0 saturated heterocycles. The van der Waals surface area contributed by atoms with Crippen LogP contribution in [0, 0.1) is 0 Å². The van der Waals surface area contributed by atoms with Gasteiger partial charge >= 0.3 is 11.9 Å². The Kier molecular flexibility index (Phi) is 6.08. The molecule has 0 atom stereocenters. The van der Waals surface area contributed by atoms with Crippen LogP contribution in [-0.2, 0) is 14.3 Å². The Labute approximate surface area is 164 Å². The van der Waals surface area contributed by atoms with Crippen LogP contribution in [0.1, 0.15) is 52.0 Å². The topological polar surface area (TPSA) is 94.6 Å². The van der Waals surface area contributed by atoms with Crippen molar-refractivity contribution in [3.8, 4) is 0 Å². The summed E-state index contributed by atoms with van der Waals surface area (Å²) in [5.41, 5.74) is 1.36. The third-order valence-corrected chi connectivity index (χ3v) is 5.10. The SMILES string of the molecule is CCOC(=O)c1c(C2CC2)csc1NC(=O)COC(=O)c1cccnc1Cl. The zero-order valence-corrected chi connectivity index (χ0v) is 16.1. The molecule has 9 heteroatoms. The lowest BCUT2D eigenvalue weighted by Gasteiger charge is -2.09. The monoisotopic (exact) mass is 408 g/mol. The van der Waals surface area contributed by atoms with Gasteiger partial charge in [0.05, 0.1) is 17.7 Å². The van der Waals surface area contributed by atoms with Gasteiger partial charge in [0, 0.05) is 6.20 Å². The van der Waals surface area contributed by atoms with Gasteiger partial charge in [-0.2, -0.15) is 0 Å². The van der Waals surface area contributed by atoms with Crippen LogP contribution in [0.3, 0.4) is 0 Å². The molecule has 1 aliphatic carbocycles. The maximum Gasteiger partial charge on any atom is 0.341 e. The van der Waals surface area contributed by atoms with E-state index in [0.717, 1.165) is 18.4 Å². The molecule has 2 aromatic rings. The van der Waals surface area contributed by atoms with E-state index in [1.54, 1.807) is 13.0 Å². The van der Waals surface area contributed by atoms with Crippen LogP contribution < -0.4 is 5.32 Å². The largest absolute Gasteiger partial charge is 0.462 e. The molecular formula is C18H17ClN2O5S. The third kappa shape index (κ3) is 4.64. The van der Waals surface area contributed by atoms with Crippen LogP contribution in [0.2, 0.25) is 5.15 Å². The van der Waals surface area contributed by atoms with E-state index in [1.165, 1.54) is 23.6 Å². The highest BCUT2D eigenvalue weighted by atomic mass is 35.5. The number of pyridine rings is 1. The highest BCUT2D eigenvalue weighted by molar-refractivity contribution is 7.15. The first-order valence-corrected chi connectivity index (χ1v) is 9.63. The molecule has 0 aromatic carbocycles. The summed E-state index contributed by atoms with van der Waals surface area (Å²) in [6, 6.07) is 2.99. The number of carbonyl (C=O) groups excluding carboxylic acids is 3. The minimum atomic E-state index is -0.751. The Hall–Kier alpha value is -2.45. The molecule has 1 N–H and O–H groups in total. The lowest BCUT2D eigenvalue weighted by Crippen LogP contribution is -2.22. The predicted octanol–water partition coefficient (Wildman–Crippen LogP) is 3.65. The van der Waals surface area contributed by atoms with Crippen molar-refractivity contribution in [3.05, 3.63) is 45.6 Å². The molecule has 1 amide bonds. The number of esters is 2. The minimum Gasteiger partial charge on any atom is -0.462 e. The molecule has 0 radical (unpaired) electrons. The molecule has 3 rings (SSSR count). The second-order valence-electron chi connectivity index (χ2n) is 5.86. The second kappa shape index (κ2) is 8.49. The molecular weight excluding hydrogens is 392 g/mol. The number of carbonyl (C=O) groups is 3. The van der Waals surface area contributed by atoms with Crippen molar-refractivity contribution < 1.29 is 23.9 Å². The average Bonchev–Trinajstić information content (AvgIpc) is 3.41. The van der Waals surface area contributed by atoms with Crippen LogP contribution in [0.5, 0.6) is 0 Å². The number of halogens is 1. The smallest absolute Gasteiger partial charge is 0.341 e. The van der Waals surface area contributed by atoms with Crippen LogP contribution in [0.4, 0.5) is 5.00 Å². The molecule has 0 unspecified atom stereocenters. The Morgan fingerprint density at radius 1 is 1.30 bits per heavy atom. The maximum atomic E-state index is 12.3. The molecule has 142 valence electrons. The number of anilines is 1. The first-order valence-electron chi connectivity index (χ1n) is 8.37. The number of nitrogens with zero attached hydrogens (tertiary/aromatic N) is 1. The quantitative estimate of drug-likeness (QED) is 0.555. The Morgan fingerprint density at radius 3 is 2.74 bits per heavy atom. The molecule has 0 aliphatic heterocycles. The molecule has 27 heavy (non-hydrogen) atoms.